The molecule has 0 spiro atoms. The van der Waals surface area contributed by atoms with E-state index in [4.69, 9.17) is 9.47 Å². The molecule has 1 N–H and O–H groups in total. The van der Waals surface area contributed by atoms with Gasteiger partial charge in [0.15, 0.2) is 5.82 Å². The summed E-state index contributed by atoms with van der Waals surface area (Å²) in [6.07, 6.45) is 9.89. The summed E-state index contributed by atoms with van der Waals surface area (Å²) in [7, 11) is -1.16. The largest absolute Gasteiger partial charge is 0.412 e. The topological polar surface area (TPSA) is 104 Å². The molecule has 0 aliphatic heterocycles. The fraction of sp³-hybridized carbons (Fsp3) is 0.500. The molecule has 36 heavy (non-hydrogen) atoms. The van der Waals surface area contributed by atoms with Gasteiger partial charge in [-0.15, -0.1) is 5.10 Å². The van der Waals surface area contributed by atoms with Gasteiger partial charge >= 0.3 is 6.09 Å². The van der Waals surface area contributed by atoms with Crippen molar-refractivity contribution in [3.05, 3.63) is 42.7 Å². The Kier molecular flexibility index (Phi) is 8.82. The molecule has 1 amide bonds. The van der Waals surface area contributed by atoms with Gasteiger partial charge in [-0.1, -0.05) is 57.5 Å². The van der Waals surface area contributed by atoms with Crippen LogP contribution in [0.2, 0.25) is 25.7 Å². The van der Waals surface area contributed by atoms with E-state index in [-0.39, 0.29) is 12.8 Å². The molecule has 2 aromatic heterocycles. The first kappa shape index (κ1) is 26.0. The lowest BCUT2D eigenvalue weighted by Crippen LogP contribution is -2.36. The Morgan fingerprint density at radius 2 is 1.83 bits per heavy atom. The predicted molar refractivity (Wildman–Crippen MR) is 141 cm³/mol. The van der Waals surface area contributed by atoms with E-state index in [1.54, 1.807) is 23.1 Å². The normalized spacial score (nSPS) is 14.9. The molecule has 0 radical (unpaired) electrons. The van der Waals surface area contributed by atoms with Gasteiger partial charge in [0, 0.05) is 44.2 Å². The Labute approximate surface area is 213 Å². The Bertz CT molecular complexity index is 1140. The van der Waals surface area contributed by atoms with Crippen LogP contribution in [0.25, 0.3) is 22.5 Å². The molecule has 0 saturated heterocycles. The van der Waals surface area contributed by atoms with Crippen molar-refractivity contribution >= 4 is 14.2 Å². The smallest absolute Gasteiger partial charge is 0.410 e. The number of amides is 1. The third-order valence-electron chi connectivity index (χ3n) is 6.29. The number of nitrogens with zero attached hydrogens (tertiary/aromatic N) is 5. The number of hydrogen-bond donors (Lipinski definition) is 1. The van der Waals surface area contributed by atoms with Crippen molar-refractivity contribution in [2.45, 2.75) is 77.0 Å². The summed E-state index contributed by atoms with van der Waals surface area (Å²) in [5.74, 6) is 1.08. The van der Waals surface area contributed by atoms with Crippen molar-refractivity contribution in [3.8, 4) is 28.3 Å². The van der Waals surface area contributed by atoms with Gasteiger partial charge in [0.2, 0.25) is 0 Å². The zero-order chi connectivity index (χ0) is 25.4. The molecule has 1 aromatic carbocycles. The van der Waals surface area contributed by atoms with Gasteiger partial charge in [0.05, 0.1) is 0 Å². The van der Waals surface area contributed by atoms with Gasteiger partial charge < -0.3 is 14.8 Å². The number of tetrazole rings is 1. The second-order valence-corrected chi connectivity index (χ2v) is 16.2. The highest BCUT2D eigenvalue weighted by atomic mass is 28.3. The number of rotatable bonds is 9. The molecule has 10 heteroatoms. The Hall–Kier alpha value is -3.11. The van der Waals surface area contributed by atoms with E-state index in [2.05, 4.69) is 45.5 Å². The molecule has 1 fully saturated rings. The minimum Gasteiger partial charge on any atom is -0.410 e. The maximum atomic E-state index is 12.5. The quantitative estimate of drug-likeness (QED) is 0.230. The first-order chi connectivity index (χ1) is 17.4. The van der Waals surface area contributed by atoms with Crippen molar-refractivity contribution in [2.75, 3.05) is 6.61 Å². The average molecular weight is 509 g/mol. The highest BCUT2D eigenvalue weighted by molar-refractivity contribution is 6.76. The zero-order valence-electron chi connectivity index (χ0n) is 21.4. The summed E-state index contributed by atoms with van der Waals surface area (Å²) in [5, 5.41) is 15.1. The molecular formula is C26H36N6O3Si. The van der Waals surface area contributed by atoms with Crippen molar-refractivity contribution in [1.82, 2.24) is 30.5 Å². The first-order valence-corrected chi connectivity index (χ1v) is 16.5. The summed E-state index contributed by atoms with van der Waals surface area (Å²) in [6.45, 7) is 7.94. The molecule has 1 saturated carbocycles. The van der Waals surface area contributed by atoms with Gasteiger partial charge in [-0.05, 0) is 53.1 Å². The number of aromatic nitrogens is 5. The summed E-state index contributed by atoms with van der Waals surface area (Å²) in [4.78, 5) is 16.9. The molecule has 4 rings (SSSR count). The molecule has 1 aliphatic rings. The molecular weight excluding hydrogens is 472 g/mol. The minimum atomic E-state index is -1.16. The van der Waals surface area contributed by atoms with Crippen LogP contribution in [0.15, 0.2) is 42.7 Å². The van der Waals surface area contributed by atoms with Crippen molar-refractivity contribution in [2.24, 2.45) is 0 Å². The fourth-order valence-electron chi connectivity index (χ4n) is 4.21. The number of hydrogen-bond acceptors (Lipinski definition) is 7. The molecule has 0 unspecified atom stereocenters. The second kappa shape index (κ2) is 12.2. The Balaban J connectivity index is 1.41. The number of pyridine rings is 1. The van der Waals surface area contributed by atoms with Gasteiger partial charge in [-0.25, -0.2) is 4.79 Å². The van der Waals surface area contributed by atoms with Crippen LogP contribution in [-0.2, 0) is 11.5 Å². The zero-order valence-corrected chi connectivity index (χ0v) is 22.4. The third-order valence-corrected chi connectivity index (χ3v) is 8.00. The van der Waals surface area contributed by atoms with Crippen molar-refractivity contribution in [3.63, 3.8) is 0 Å². The van der Waals surface area contributed by atoms with Crippen LogP contribution in [0.3, 0.4) is 0 Å². The monoisotopic (exact) mass is 508 g/mol. The van der Waals surface area contributed by atoms with E-state index < -0.39 is 14.2 Å². The van der Waals surface area contributed by atoms with Crippen molar-refractivity contribution in [1.29, 1.82) is 0 Å². The lowest BCUT2D eigenvalue weighted by atomic mass is 10.1. The highest BCUT2D eigenvalue weighted by Crippen LogP contribution is 2.27. The van der Waals surface area contributed by atoms with Gasteiger partial charge in [0.25, 0.3) is 0 Å². The van der Waals surface area contributed by atoms with Crippen LogP contribution >= 0.6 is 0 Å². The fourth-order valence-corrected chi connectivity index (χ4v) is 4.97. The molecule has 9 nitrogen and oxygen atoms in total. The van der Waals surface area contributed by atoms with Gasteiger partial charge in [-0.2, -0.15) is 4.68 Å². The second-order valence-electron chi connectivity index (χ2n) is 10.6. The lowest BCUT2D eigenvalue weighted by Gasteiger charge is -2.16. The summed E-state index contributed by atoms with van der Waals surface area (Å²) >= 11 is 0. The van der Waals surface area contributed by atoms with E-state index >= 15 is 0 Å². The standard InChI is InChI=1S/C26H36N6O3Si/c1-36(2,3)14-13-34-19-32-25(29-30-31-32)22-15-21(17-27-18-22)20-9-8-12-24(16-20)35-26(33)28-23-10-6-4-5-7-11-23/h8-9,12,15-18,23H,4-7,10-11,13-14,19H2,1-3H3,(H,28,33). The molecule has 0 atom stereocenters. The third kappa shape index (κ3) is 7.69. The highest BCUT2D eigenvalue weighted by Gasteiger charge is 2.17. The van der Waals surface area contributed by atoms with E-state index in [1.807, 2.05) is 24.3 Å². The Morgan fingerprint density at radius 1 is 1.06 bits per heavy atom. The molecule has 2 heterocycles. The molecule has 1 aliphatic carbocycles. The van der Waals surface area contributed by atoms with Crippen LogP contribution < -0.4 is 10.1 Å². The SMILES string of the molecule is C[Si](C)(C)CCOCn1nnnc1-c1cncc(-c2cccc(OC(=O)NC3CCCCCC3)c2)c1. The summed E-state index contributed by atoms with van der Waals surface area (Å²) < 4.78 is 13.1. The maximum absolute atomic E-state index is 12.5. The average Bonchev–Trinajstić information content (AvgIpc) is 3.17. The van der Waals surface area contributed by atoms with Crippen molar-refractivity contribution < 1.29 is 14.3 Å². The minimum absolute atomic E-state index is 0.189. The first-order valence-electron chi connectivity index (χ1n) is 12.8. The number of benzene rings is 1. The lowest BCUT2D eigenvalue weighted by molar-refractivity contribution is 0.0784. The van der Waals surface area contributed by atoms with E-state index in [0.29, 0.717) is 18.2 Å². The van der Waals surface area contributed by atoms with Crippen LogP contribution in [0.4, 0.5) is 4.79 Å². The molecule has 192 valence electrons. The van der Waals surface area contributed by atoms with Gasteiger partial charge in [0.1, 0.15) is 12.5 Å². The van der Waals surface area contributed by atoms with E-state index in [9.17, 15) is 4.79 Å². The van der Waals surface area contributed by atoms with Crippen LogP contribution in [0.5, 0.6) is 5.75 Å². The molecule has 3 aromatic rings. The van der Waals surface area contributed by atoms with E-state index in [0.717, 1.165) is 48.4 Å². The number of ether oxygens (including phenoxy) is 2. The Morgan fingerprint density at radius 3 is 2.61 bits per heavy atom. The summed E-state index contributed by atoms with van der Waals surface area (Å²) in [5.41, 5.74) is 2.54. The predicted octanol–water partition coefficient (Wildman–Crippen LogP) is 5.53. The van der Waals surface area contributed by atoms with Crippen LogP contribution in [0.1, 0.15) is 38.5 Å². The van der Waals surface area contributed by atoms with Gasteiger partial charge in [-0.3, -0.25) is 4.98 Å². The molecule has 0 bridgehead atoms. The maximum Gasteiger partial charge on any atom is 0.412 e. The number of carbonyl (C=O) groups is 1. The van der Waals surface area contributed by atoms with Crippen LogP contribution in [-0.4, -0.2) is 52.0 Å². The summed E-state index contributed by atoms with van der Waals surface area (Å²) in [6, 6.07) is 10.7. The van der Waals surface area contributed by atoms with Crippen LogP contribution in [0, 0.1) is 0 Å². The number of nitrogens with one attached hydrogen (secondary N) is 1. The van der Waals surface area contributed by atoms with E-state index in [1.165, 1.54) is 12.8 Å². The number of carbonyl (C=O) groups excluding carboxylic acids is 1.